The number of nitrogens with zero attached hydrogens (tertiary/aromatic N) is 2. The fraction of sp³-hybridized carbons (Fsp3) is 0.750. The number of methoxy groups -OCH3 is 1. The molecule has 0 spiro atoms. The molecule has 0 aliphatic carbocycles. The fourth-order valence-electron chi connectivity index (χ4n) is 1.66. The van der Waals surface area contributed by atoms with Crippen LogP contribution < -0.4 is 5.32 Å². The van der Waals surface area contributed by atoms with E-state index in [1.54, 1.807) is 7.11 Å². The van der Waals surface area contributed by atoms with E-state index >= 15 is 0 Å². The van der Waals surface area contributed by atoms with E-state index in [2.05, 4.69) is 31.2 Å². The van der Waals surface area contributed by atoms with Crippen LogP contribution in [0.3, 0.4) is 0 Å². The highest BCUT2D eigenvalue weighted by Gasteiger charge is 2.15. The van der Waals surface area contributed by atoms with Gasteiger partial charge in [0.1, 0.15) is 0 Å². The maximum atomic E-state index is 5.13. The second-order valence-corrected chi connectivity index (χ2v) is 4.54. The van der Waals surface area contributed by atoms with E-state index < -0.39 is 0 Å². The lowest BCUT2D eigenvalue weighted by atomic mass is 10.0. The van der Waals surface area contributed by atoms with Crippen molar-refractivity contribution in [3.8, 4) is 0 Å². The molecule has 1 unspecified atom stereocenters. The van der Waals surface area contributed by atoms with E-state index in [1.807, 2.05) is 17.9 Å². The molecule has 1 rings (SSSR count). The van der Waals surface area contributed by atoms with Gasteiger partial charge in [0.25, 0.3) is 0 Å². The standard InChI is InChI=1S/C12H23N3O/c1-9(2)11(6-7-16-5)14-12-8-13-15(4)10(12)3/h8-9,11,14H,6-7H2,1-5H3. The summed E-state index contributed by atoms with van der Waals surface area (Å²) in [5, 5.41) is 7.77. The van der Waals surface area contributed by atoms with Gasteiger partial charge in [-0.1, -0.05) is 13.8 Å². The maximum absolute atomic E-state index is 5.13. The Bertz CT molecular complexity index is 320. The topological polar surface area (TPSA) is 39.1 Å². The molecule has 1 atom stereocenters. The Hall–Kier alpha value is -1.03. The molecule has 0 radical (unpaired) electrons. The van der Waals surface area contributed by atoms with Gasteiger partial charge in [-0.15, -0.1) is 0 Å². The van der Waals surface area contributed by atoms with Crippen molar-refractivity contribution in [2.75, 3.05) is 19.0 Å². The highest BCUT2D eigenvalue weighted by Crippen LogP contribution is 2.18. The molecule has 4 heteroatoms. The Labute approximate surface area is 98.0 Å². The minimum atomic E-state index is 0.433. The molecule has 1 N–H and O–H groups in total. The number of hydrogen-bond acceptors (Lipinski definition) is 3. The van der Waals surface area contributed by atoms with Gasteiger partial charge in [0.15, 0.2) is 0 Å². The van der Waals surface area contributed by atoms with Gasteiger partial charge in [0, 0.05) is 26.8 Å². The van der Waals surface area contributed by atoms with Gasteiger partial charge in [-0.05, 0) is 19.3 Å². The van der Waals surface area contributed by atoms with E-state index in [0.29, 0.717) is 12.0 Å². The van der Waals surface area contributed by atoms with Gasteiger partial charge in [0.05, 0.1) is 17.6 Å². The molecule has 1 aromatic heterocycles. The van der Waals surface area contributed by atoms with Crippen LogP contribution in [0.5, 0.6) is 0 Å². The third kappa shape index (κ3) is 3.23. The van der Waals surface area contributed by atoms with Crippen molar-refractivity contribution in [2.45, 2.75) is 33.2 Å². The summed E-state index contributed by atoms with van der Waals surface area (Å²) in [4.78, 5) is 0. The van der Waals surface area contributed by atoms with Crippen molar-refractivity contribution in [1.29, 1.82) is 0 Å². The smallest absolute Gasteiger partial charge is 0.0758 e. The number of hydrogen-bond donors (Lipinski definition) is 1. The van der Waals surface area contributed by atoms with Crippen LogP contribution in [-0.4, -0.2) is 29.5 Å². The van der Waals surface area contributed by atoms with Crippen LogP contribution in [0.2, 0.25) is 0 Å². The summed E-state index contributed by atoms with van der Waals surface area (Å²) in [6.07, 6.45) is 2.90. The molecular weight excluding hydrogens is 202 g/mol. The first-order chi connectivity index (χ1) is 7.56. The van der Waals surface area contributed by atoms with Gasteiger partial charge < -0.3 is 10.1 Å². The van der Waals surface area contributed by atoms with Gasteiger partial charge in [0.2, 0.25) is 0 Å². The van der Waals surface area contributed by atoms with E-state index in [9.17, 15) is 0 Å². The minimum absolute atomic E-state index is 0.433. The van der Waals surface area contributed by atoms with Crippen LogP contribution in [0.1, 0.15) is 26.0 Å². The van der Waals surface area contributed by atoms with Crippen LogP contribution in [0, 0.1) is 12.8 Å². The third-order valence-electron chi connectivity index (χ3n) is 3.01. The number of aromatic nitrogens is 2. The maximum Gasteiger partial charge on any atom is 0.0758 e. The molecule has 0 aliphatic rings. The largest absolute Gasteiger partial charge is 0.385 e. The molecule has 4 nitrogen and oxygen atoms in total. The second-order valence-electron chi connectivity index (χ2n) is 4.54. The molecule has 0 fully saturated rings. The molecule has 0 aliphatic heterocycles. The Morgan fingerprint density at radius 2 is 2.19 bits per heavy atom. The lowest BCUT2D eigenvalue weighted by Crippen LogP contribution is -2.27. The lowest BCUT2D eigenvalue weighted by molar-refractivity contribution is 0.184. The first-order valence-electron chi connectivity index (χ1n) is 5.80. The molecule has 0 aromatic carbocycles. The van der Waals surface area contributed by atoms with Crippen molar-refractivity contribution < 1.29 is 4.74 Å². The number of anilines is 1. The highest BCUT2D eigenvalue weighted by molar-refractivity contribution is 5.46. The predicted octanol–water partition coefficient (Wildman–Crippen LogP) is 2.20. The van der Waals surface area contributed by atoms with E-state index in [0.717, 1.165) is 18.7 Å². The second kappa shape index (κ2) is 5.89. The summed E-state index contributed by atoms with van der Waals surface area (Å²) < 4.78 is 7.02. The zero-order valence-corrected chi connectivity index (χ0v) is 10.9. The minimum Gasteiger partial charge on any atom is -0.385 e. The van der Waals surface area contributed by atoms with Crippen molar-refractivity contribution in [3.63, 3.8) is 0 Å². The summed E-state index contributed by atoms with van der Waals surface area (Å²) in [5.41, 5.74) is 2.29. The number of rotatable bonds is 6. The molecule has 92 valence electrons. The van der Waals surface area contributed by atoms with Crippen LogP contribution in [0.4, 0.5) is 5.69 Å². The Balaban J connectivity index is 2.64. The summed E-state index contributed by atoms with van der Waals surface area (Å²) >= 11 is 0. The number of aryl methyl sites for hydroxylation is 1. The van der Waals surface area contributed by atoms with Crippen LogP contribution >= 0.6 is 0 Å². The average Bonchev–Trinajstić information content (AvgIpc) is 2.55. The molecular formula is C12H23N3O. The number of ether oxygens (including phenoxy) is 1. The number of nitrogens with one attached hydrogen (secondary N) is 1. The molecule has 0 bridgehead atoms. The van der Waals surface area contributed by atoms with Crippen LogP contribution in [-0.2, 0) is 11.8 Å². The van der Waals surface area contributed by atoms with E-state index in [-0.39, 0.29) is 0 Å². The Kier molecular flexibility index (Phi) is 4.80. The first-order valence-corrected chi connectivity index (χ1v) is 5.80. The van der Waals surface area contributed by atoms with Crippen molar-refractivity contribution in [3.05, 3.63) is 11.9 Å². The predicted molar refractivity (Wildman–Crippen MR) is 66.7 cm³/mol. The van der Waals surface area contributed by atoms with Gasteiger partial charge >= 0.3 is 0 Å². The molecule has 1 heterocycles. The molecule has 16 heavy (non-hydrogen) atoms. The highest BCUT2D eigenvalue weighted by atomic mass is 16.5. The molecule has 0 amide bonds. The van der Waals surface area contributed by atoms with E-state index in [1.165, 1.54) is 5.69 Å². The zero-order valence-electron chi connectivity index (χ0n) is 10.9. The lowest BCUT2D eigenvalue weighted by Gasteiger charge is -2.22. The quantitative estimate of drug-likeness (QED) is 0.806. The Morgan fingerprint density at radius 1 is 1.50 bits per heavy atom. The third-order valence-corrected chi connectivity index (χ3v) is 3.01. The van der Waals surface area contributed by atoms with Crippen molar-refractivity contribution in [2.24, 2.45) is 13.0 Å². The van der Waals surface area contributed by atoms with Gasteiger partial charge in [-0.3, -0.25) is 4.68 Å². The van der Waals surface area contributed by atoms with E-state index in [4.69, 9.17) is 4.74 Å². The van der Waals surface area contributed by atoms with Gasteiger partial charge in [-0.2, -0.15) is 5.10 Å². The van der Waals surface area contributed by atoms with Crippen LogP contribution in [0.15, 0.2) is 6.20 Å². The molecule has 0 saturated carbocycles. The Morgan fingerprint density at radius 3 is 2.62 bits per heavy atom. The summed E-state index contributed by atoms with van der Waals surface area (Å²) in [5.74, 6) is 0.578. The SMILES string of the molecule is COCCC(Nc1cnn(C)c1C)C(C)C. The average molecular weight is 225 g/mol. The first kappa shape index (κ1) is 13.0. The monoisotopic (exact) mass is 225 g/mol. The molecule has 0 saturated heterocycles. The summed E-state index contributed by atoms with van der Waals surface area (Å²) in [7, 11) is 3.70. The summed E-state index contributed by atoms with van der Waals surface area (Å²) in [6, 6.07) is 0.433. The van der Waals surface area contributed by atoms with Crippen molar-refractivity contribution in [1.82, 2.24) is 9.78 Å². The summed E-state index contributed by atoms with van der Waals surface area (Å²) in [6.45, 7) is 7.30. The normalized spacial score (nSPS) is 13.1. The van der Waals surface area contributed by atoms with Crippen LogP contribution in [0.25, 0.3) is 0 Å². The van der Waals surface area contributed by atoms with Gasteiger partial charge in [-0.25, -0.2) is 0 Å². The molecule has 1 aromatic rings. The van der Waals surface area contributed by atoms with Crippen molar-refractivity contribution >= 4 is 5.69 Å². The fourth-order valence-corrected chi connectivity index (χ4v) is 1.66. The zero-order chi connectivity index (χ0) is 12.1.